The predicted octanol–water partition coefficient (Wildman–Crippen LogP) is 0.703. The third kappa shape index (κ3) is 3.32. The molecule has 2 bridgehead atoms. The summed E-state index contributed by atoms with van der Waals surface area (Å²) in [5.41, 5.74) is 0.135. The summed E-state index contributed by atoms with van der Waals surface area (Å²) in [6.07, 6.45) is 10.6. The van der Waals surface area contributed by atoms with E-state index in [1.54, 1.807) is 24.2 Å². The Morgan fingerprint density at radius 1 is 1.30 bits per heavy atom. The van der Waals surface area contributed by atoms with Crippen molar-refractivity contribution in [3.63, 3.8) is 0 Å². The van der Waals surface area contributed by atoms with E-state index >= 15 is 0 Å². The van der Waals surface area contributed by atoms with Crippen LogP contribution in [-0.2, 0) is 20.9 Å². The first-order chi connectivity index (χ1) is 14.6. The third-order valence-corrected chi connectivity index (χ3v) is 7.02. The fourth-order valence-corrected chi connectivity index (χ4v) is 5.48. The Hall–Kier alpha value is -2.32. The van der Waals surface area contributed by atoms with Crippen molar-refractivity contribution in [3.05, 3.63) is 36.4 Å². The van der Waals surface area contributed by atoms with Gasteiger partial charge < -0.3 is 19.4 Å². The van der Waals surface area contributed by atoms with E-state index in [1.165, 1.54) is 25.6 Å². The van der Waals surface area contributed by atoms with Crippen LogP contribution in [-0.4, -0.2) is 88.0 Å². The first-order valence-electron chi connectivity index (χ1n) is 11.0. The van der Waals surface area contributed by atoms with Gasteiger partial charge >= 0.3 is 0 Å². The summed E-state index contributed by atoms with van der Waals surface area (Å²) in [6.45, 7) is 4.77. The Bertz CT molecular complexity index is 840. The summed E-state index contributed by atoms with van der Waals surface area (Å²) in [5, 5.41) is 0. The second-order valence-electron chi connectivity index (χ2n) is 8.96. The van der Waals surface area contributed by atoms with Gasteiger partial charge in [0.25, 0.3) is 0 Å². The van der Waals surface area contributed by atoms with Crippen molar-refractivity contribution in [2.24, 2.45) is 11.8 Å². The maximum Gasteiger partial charge on any atom is 0.230 e. The van der Waals surface area contributed by atoms with Crippen molar-refractivity contribution in [2.75, 3.05) is 39.8 Å². The molecule has 0 aromatic carbocycles. The summed E-state index contributed by atoms with van der Waals surface area (Å²) < 4.78 is 6.25. The molecule has 5 rings (SSSR count). The van der Waals surface area contributed by atoms with Crippen molar-refractivity contribution in [2.45, 2.75) is 37.5 Å². The number of hydrogen-bond donors (Lipinski definition) is 0. The molecule has 3 fully saturated rings. The SMILES string of the molecule is CN(Cc1ccncn1)C(=O)[C@@H]1[C@@H]2C=C[C@@]3(CN(CCN4CCCCC4)C(=O)[C@@H]13)O2. The van der Waals surface area contributed by atoms with Crippen LogP contribution in [0.5, 0.6) is 0 Å². The molecule has 2 amide bonds. The second-order valence-corrected chi connectivity index (χ2v) is 8.96. The monoisotopic (exact) mass is 411 g/mol. The molecule has 0 saturated carbocycles. The van der Waals surface area contributed by atoms with Crippen LogP contribution in [0.25, 0.3) is 0 Å². The quantitative estimate of drug-likeness (QED) is 0.642. The first-order valence-corrected chi connectivity index (χ1v) is 11.0. The Labute approximate surface area is 176 Å². The van der Waals surface area contributed by atoms with Gasteiger partial charge in [-0.05, 0) is 32.0 Å². The summed E-state index contributed by atoms with van der Waals surface area (Å²) in [6, 6.07) is 1.80. The molecule has 3 saturated heterocycles. The lowest BCUT2D eigenvalue weighted by molar-refractivity contribution is -0.142. The first kappa shape index (κ1) is 19.6. The van der Waals surface area contributed by atoms with Crippen LogP contribution >= 0.6 is 0 Å². The molecule has 160 valence electrons. The van der Waals surface area contributed by atoms with E-state index in [2.05, 4.69) is 14.9 Å². The number of rotatable bonds is 6. The zero-order valence-corrected chi connectivity index (χ0v) is 17.4. The highest BCUT2D eigenvalue weighted by atomic mass is 16.5. The Kier molecular flexibility index (Phi) is 5.06. The largest absolute Gasteiger partial charge is 0.360 e. The molecule has 4 atom stereocenters. The number of nitrogens with zero attached hydrogens (tertiary/aromatic N) is 5. The second kappa shape index (κ2) is 7.74. The summed E-state index contributed by atoms with van der Waals surface area (Å²) >= 11 is 0. The molecule has 4 aliphatic heterocycles. The molecule has 8 heteroatoms. The molecule has 1 spiro atoms. The fraction of sp³-hybridized carbons (Fsp3) is 0.636. The zero-order chi connectivity index (χ0) is 20.7. The highest BCUT2D eigenvalue weighted by molar-refractivity contribution is 5.93. The van der Waals surface area contributed by atoms with Crippen molar-refractivity contribution in [3.8, 4) is 0 Å². The van der Waals surface area contributed by atoms with E-state index in [0.29, 0.717) is 19.6 Å². The van der Waals surface area contributed by atoms with Crippen LogP contribution in [0.2, 0.25) is 0 Å². The molecule has 0 aliphatic carbocycles. The van der Waals surface area contributed by atoms with Gasteiger partial charge in [0.1, 0.15) is 11.9 Å². The smallest absolute Gasteiger partial charge is 0.230 e. The Balaban J connectivity index is 1.28. The van der Waals surface area contributed by atoms with Gasteiger partial charge in [0, 0.05) is 26.3 Å². The Morgan fingerprint density at radius 2 is 2.13 bits per heavy atom. The lowest BCUT2D eigenvalue weighted by Gasteiger charge is -2.29. The predicted molar refractivity (Wildman–Crippen MR) is 109 cm³/mol. The summed E-state index contributed by atoms with van der Waals surface area (Å²) in [5.74, 6) is -0.878. The van der Waals surface area contributed by atoms with Gasteiger partial charge in [0.15, 0.2) is 0 Å². The molecule has 30 heavy (non-hydrogen) atoms. The summed E-state index contributed by atoms with van der Waals surface area (Å²) in [7, 11) is 1.76. The lowest BCUT2D eigenvalue weighted by Crippen LogP contribution is -2.45. The minimum absolute atomic E-state index is 0.0546. The van der Waals surface area contributed by atoms with Crippen molar-refractivity contribution in [1.29, 1.82) is 0 Å². The van der Waals surface area contributed by atoms with Gasteiger partial charge in [0.2, 0.25) is 11.8 Å². The molecule has 1 aromatic heterocycles. The van der Waals surface area contributed by atoms with Gasteiger partial charge in [-0.1, -0.05) is 18.6 Å². The number of amides is 2. The molecule has 5 heterocycles. The van der Waals surface area contributed by atoms with E-state index < -0.39 is 17.4 Å². The minimum Gasteiger partial charge on any atom is -0.360 e. The van der Waals surface area contributed by atoms with Crippen LogP contribution in [0.3, 0.4) is 0 Å². The minimum atomic E-state index is -0.639. The maximum absolute atomic E-state index is 13.3. The van der Waals surface area contributed by atoms with E-state index in [9.17, 15) is 9.59 Å². The molecule has 0 unspecified atom stereocenters. The van der Waals surface area contributed by atoms with Gasteiger partial charge in [-0.25, -0.2) is 9.97 Å². The fourth-order valence-electron chi connectivity index (χ4n) is 5.48. The Morgan fingerprint density at radius 3 is 2.90 bits per heavy atom. The number of likely N-dealkylation sites (tertiary alicyclic amines) is 2. The number of hydrogen-bond acceptors (Lipinski definition) is 6. The van der Waals surface area contributed by atoms with Crippen LogP contribution in [0, 0.1) is 11.8 Å². The third-order valence-electron chi connectivity index (χ3n) is 7.02. The van der Waals surface area contributed by atoms with E-state index in [0.717, 1.165) is 25.3 Å². The molecule has 1 aromatic rings. The van der Waals surface area contributed by atoms with Gasteiger partial charge in [0.05, 0.1) is 36.7 Å². The summed E-state index contributed by atoms with van der Waals surface area (Å²) in [4.78, 5) is 40.8. The highest BCUT2D eigenvalue weighted by Gasteiger charge is 2.67. The number of ether oxygens (including phenoxy) is 1. The average molecular weight is 412 g/mol. The van der Waals surface area contributed by atoms with Crippen molar-refractivity contribution >= 4 is 11.8 Å². The number of fused-ring (bicyclic) bond motifs is 1. The molecule has 0 N–H and O–H groups in total. The van der Waals surface area contributed by atoms with Crippen LogP contribution in [0.4, 0.5) is 0 Å². The number of carbonyl (C=O) groups is 2. The molecular formula is C22H29N5O3. The molecule has 0 radical (unpaired) electrons. The normalized spacial score (nSPS) is 32.6. The van der Waals surface area contributed by atoms with Crippen molar-refractivity contribution in [1.82, 2.24) is 24.7 Å². The zero-order valence-electron chi connectivity index (χ0n) is 17.4. The molecular weight excluding hydrogens is 382 g/mol. The van der Waals surface area contributed by atoms with E-state index in [1.807, 2.05) is 17.1 Å². The van der Waals surface area contributed by atoms with Gasteiger partial charge in [-0.3, -0.25) is 9.59 Å². The number of aromatic nitrogens is 2. The van der Waals surface area contributed by atoms with Crippen LogP contribution in [0.1, 0.15) is 25.0 Å². The average Bonchev–Trinajstić information content (AvgIpc) is 3.41. The van der Waals surface area contributed by atoms with Crippen LogP contribution < -0.4 is 0 Å². The van der Waals surface area contributed by atoms with Crippen LogP contribution in [0.15, 0.2) is 30.7 Å². The molecule has 4 aliphatic rings. The maximum atomic E-state index is 13.3. The number of piperidine rings is 1. The standard InChI is InChI=1S/C22H29N5O3/c1-25(13-16-6-8-23-15-24-16)20(28)18-17-5-7-22(30-17)14-27(21(29)19(18)22)12-11-26-9-3-2-4-10-26/h5-8,15,17-19H,2-4,9-14H2,1H3/t17-,18+,19+,22-/m0/s1. The number of carbonyl (C=O) groups excluding carboxylic acids is 2. The van der Waals surface area contributed by atoms with E-state index in [4.69, 9.17) is 4.74 Å². The lowest BCUT2D eigenvalue weighted by atomic mass is 9.76. The highest BCUT2D eigenvalue weighted by Crippen LogP contribution is 2.52. The van der Waals surface area contributed by atoms with Gasteiger partial charge in [-0.15, -0.1) is 0 Å². The van der Waals surface area contributed by atoms with Crippen molar-refractivity contribution < 1.29 is 14.3 Å². The molecule has 8 nitrogen and oxygen atoms in total. The topological polar surface area (TPSA) is 78.9 Å². The van der Waals surface area contributed by atoms with Gasteiger partial charge in [-0.2, -0.15) is 0 Å². The van der Waals surface area contributed by atoms with E-state index in [-0.39, 0.29) is 17.9 Å².